The molecule has 216 valence electrons. The Hall–Kier alpha value is -3.67. The van der Waals surface area contributed by atoms with Gasteiger partial charge in [0.2, 0.25) is 0 Å². The maximum Gasteiger partial charge on any atom is 0.326 e. The Kier molecular flexibility index (Phi) is 10.6. The Bertz CT molecular complexity index is 1340. The first-order valence-corrected chi connectivity index (χ1v) is 13.3. The van der Waals surface area contributed by atoms with Crippen LogP contribution >= 0.6 is 23.2 Å². The SMILES string of the molecule is CON(Cc1ccccc1)C(=O)[C@@H]1OCO[C@H]1C(=O)NC(Cc1ccc(OCc2c(Cl)cccc2Cl)cc1)C(=O)O. The fourth-order valence-corrected chi connectivity index (χ4v) is 4.64. The van der Waals surface area contributed by atoms with Crippen LogP contribution in [0.25, 0.3) is 0 Å². The van der Waals surface area contributed by atoms with Crippen LogP contribution in [-0.4, -0.2) is 60.1 Å². The van der Waals surface area contributed by atoms with Gasteiger partial charge in [0, 0.05) is 22.0 Å². The Balaban J connectivity index is 1.36. The molecule has 0 saturated carbocycles. The standard InChI is InChI=1S/C29H28Cl2N2O8/c1-38-33(15-19-6-3-2-4-7-19)28(35)26-25(40-17-41-26)27(34)32-24(29(36)37)14-18-10-12-20(13-11-18)39-16-21-22(30)8-5-9-23(21)31/h2-13,24-26H,14-17H2,1H3,(H,32,34)(H,36,37)/t24?,25-,26-/m1/s1. The van der Waals surface area contributed by atoms with Crippen molar-refractivity contribution in [2.24, 2.45) is 0 Å². The van der Waals surface area contributed by atoms with E-state index in [0.717, 1.165) is 10.6 Å². The van der Waals surface area contributed by atoms with Gasteiger partial charge >= 0.3 is 5.97 Å². The van der Waals surface area contributed by atoms with Crippen LogP contribution in [0.5, 0.6) is 5.75 Å². The summed E-state index contributed by atoms with van der Waals surface area (Å²) in [6.07, 6.45) is -2.69. The van der Waals surface area contributed by atoms with Crippen LogP contribution in [-0.2, 0) is 48.3 Å². The van der Waals surface area contributed by atoms with Crippen LogP contribution in [0.2, 0.25) is 10.0 Å². The van der Waals surface area contributed by atoms with E-state index >= 15 is 0 Å². The molecule has 0 bridgehead atoms. The fourth-order valence-electron chi connectivity index (χ4n) is 4.14. The van der Waals surface area contributed by atoms with Crippen molar-refractivity contribution in [3.8, 4) is 5.75 Å². The van der Waals surface area contributed by atoms with Crippen LogP contribution in [0.1, 0.15) is 16.7 Å². The van der Waals surface area contributed by atoms with Gasteiger partial charge in [0.15, 0.2) is 12.2 Å². The molecule has 2 amide bonds. The van der Waals surface area contributed by atoms with E-state index < -0.39 is 36.0 Å². The molecule has 2 N–H and O–H groups in total. The Morgan fingerprint density at radius 2 is 1.61 bits per heavy atom. The van der Waals surface area contributed by atoms with Gasteiger partial charge in [0.05, 0.1) is 13.7 Å². The molecule has 3 aromatic rings. The second-order valence-corrected chi connectivity index (χ2v) is 9.89. The molecule has 0 aliphatic carbocycles. The van der Waals surface area contributed by atoms with Crippen molar-refractivity contribution in [1.82, 2.24) is 10.4 Å². The van der Waals surface area contributed by atoms with Gasteiger partial charge in [0.1, 0.15) is 25.2 Å². The van der Waals surface area contributed by atoms with E-state index in [4.69, 9.17) is 42.3 Å². The zero-order valence-electron chi connectivity index (χ0n) is 22.0. The lowest BCUT2D eigenvalue weighted by Crippen LogP contribution is -2.52. The summed E-state index contributed by atoms with van der Waals surface area (Å²) in [5.41, 5.74) is 2.08. The van der Waals surface area contributed by atoms with Crippen LogP contribution < -0.4 is 10.1 Å². The average Bonchev–Trinajstić information content (AvgIpc) is 3.46. The molecule has 12 heteroatoms. The second kappa shape index (κ2) is 14.3. The van der Waals surface area contributed by atoms with Gasteiger partial charge in [-0.3, -0.25) is 14.4 Å². The van der Waals surface area contributed by atoms with E-state index in [1.807, 2.05) is 30.3 Å². The average molecular weight is 603 g/mol. The predicted molar refractivity (Wildman–Crippen MR) is 149 cm³/mol. The monoisotopic (exact) mass is 602 g/mol. The van der Waals surface area contributed by atoms with Gasteiger partial charge in [-0.2, -0.15) is 0 Å². The molecule has 0 spiro atoms. The second-order valence-electron chi connectivity index (χ2n) is 9.07. The highest BCUT2D eigenvalue weighted by Crippen LogP contribution is 2.26. The van der Waals surface area contributed by atoms with Gasteiger partial charge in [0.25, 0.3) is 11.8 Å². The number of carbonyl (C=O) groups is 3. The van der Waals surface area contributed by atoms with Crippen LogP contribution in [0.3, 0.4) is 0 Å². The lowest BCUT2D eigenvalue weighted by molar-refractivity contribution is -0.189. The minimum Gasteiger partial charge on any atom is -0.489 e. The Labute approximate surface area is 246 Å². The maximum atomic E-state index is 13.1. The predicted octanol–water partition coefficient (Wildman–Crippen LogP) is 4.02. The lowest BCUT2D eigenvalue weighted by Gasteiger charge is -2.25. The number of nitrogens with zero attached hydrogens (tertiary/aromatic N) is 1. The van der Waals surface area contributed by atoms with E-state index in [0.29, 0.717) is 26.9 Å². The molecule has 0 radical (unpaired) electrons. The molecule has 1 unspecified atom stereocenters. The van der Waals surface area contributed by atoms with Gasteiger partial charge in [-0.25, -0.2) is 9.86 Å². The number of carbonyl (C=O) groups excluding carboxylic acids is 2. The molecule has 1 saturated heterocycles. The number of nitrogens with one attached hydrogen (secondary N) is 1. The number of hydrogen-bond donors (Lipinski definition) is 2. The van der Waals surface area contributed by atoms with Crippen molar-refractivity contribution < 1.29 is 38.5 Å². The largest absolute Gasteiger partial charge is 0.489 e. The molecule has 3 atom stereocenters. The zero-order chi connectivity index (χ0) is 29.4. The highest BCUT2D eigenvalue weighted by molar-refractivity contribution is 6.35. The van der Waals surface area contributed by atoms with Crippen molar-refractivity contribution in [3.05, 3.63) is 99.5 Å². The molecular weight excluding hydrogens is 575 g/mol. The third-order valence-electron chi connectivity index (χ3n) is 6.33. The summed E-state index contributed by atoms with van der Waals surface area (Å²) in [5, 5.41) is 14.3. The maximum absolute atomic E-state index is 13.1. The van der Waals surface area contributed by atoms with E-state index in [2.05, 4.69) is 5.32 Å². The Morgan fingerprint density at radius 3 is 2.24 bits per heavy atom. The summed E-state index contributed by atoms with van der Waals surface area (Å²) < 4.78 is 16.5. The summed E-state index contributed by atoms with van der Waals surface area (Å²) in [5.74, 6) is -2.15. The molecule has 1 fully saturated rings. The Morgan fingerprint density at radius 1 is 0.951 bits per heavy atom. The topological polar surface area (TPSA) is 124 Å². The molecule has 1 aliphatic rings. The lowest BCUT2D eigenvalue weighted by atomic mass is 10.0. The van der Waals surface area contributed by atoms with E-state index in [-0.39, 0.29) is 26.4 Å². The zero-order valence-corrected chi connectivity index (χ0v) is 23.5. The van der Waals surface area contributed by atoms with Gasteiger partial charge in [-0.1, -0.05) is 71.7 Å². The number of aliphatic carboxylic acids is 1. The van der Waals surface area contributed by atoms with Crippen molar-refractivity contribution >= 4 is 41.0 Å². The first-order valence-electron chi connectivity index (χ1n) is 12.6. The summed E-state index contributed by atoms with van der Waals surface area (Å²) in [6.45, 7) is -0.0376. The van der Waals surface area contributed by atoms with Crippen LogP contribution in [0.15, 0.2) is 72.8 Å². The number of hydrogen-bond acceptors (Lipinski definition) is 7. The minimum absolute atomic E-state index is 0.0257. The summed E-state index contributed by atoms with van der Waals surface area (Å²) in [6, 6.07) is 19.7. The van der Waals surface area contributed by atoms with E-state index in [9.17, 15) is 19.5 Å². The first kappa shape index (κ1) is 30.3. The van der Waals surface area contributed by atoms with Crippen molar-refractivity contribution in [2.75, 3.05) is 13.9 Å². The quantitative estimate of drug-likeness (QED) is 0.298. The molecule has 3 aromatic carbocycles. The molecule has 4 rings (SSSR count). The minimum atomic E-state index is -1.36. The molecule has 1 aliphatic heterocycles. The first-order chi connectivity index (χ1) is 19.8. The normalized spacial score (nSPS) is 17.0. The number of halogens is 2. The van der Waals surface area contributed by atoms with Gasteiger partial charge in [-0.05, 0) is 35.4 Å². The van der Waals surface area contributed by atoms with Crippen molar-refractivity contribution in [1.29, 1.82) is 0 Å². The molecule has 1 heterocycles. The molecule has 10 nitrogen and oxygen atoms in total. The fraction of sp³-hybridized carbons (Fsp3) is 0.276. The summed E-state index contributed by atoms with van der Waals surface area (Å²) in [4.78, 5) is 43.3. The number of ether oxygens (including phenoxy) is 3. The van der Waals surface area contributed by atoms with Gasteiger partial charge < -0.3 is 24.6 Å². The molecule has 41 heavy (non-hydrogen) atoms. The van der Waals surface area contributed by atoms with Gasteiger partial charge in [-0.15, -0.1) is 0 Å². The van der Waals surface area contributed by atoms with Crippen LogP contribution in [0, 0.1) is 0 Å². The van der Waals surface area contributed by atoms with Crippen molar-refractivity contribution in [3.63, 3.8) is 0 Å². The van der Waals surface area contributed by atoms with Crippen molar-refractivity contribution in [2.45, 2.75) is 37.8 Å². The smallest absolute Gasteiger partial charge is 0.326 e. The molecule has 0 aromatic heterocycles. The number of rotatable bonds is 12. The number of benzene rings is 3. The highest BCUT2D eigenvalue weighted by Gasteiger charge is 2.43. The number of amides is 2. The highest BCUT2D eigenvalue weighted by atomic mass is 35.5. The summed E-state index contributed by atoms with van der Waals surface area (Å²) >= 11 is 12.4. The third-order valence-corrected chi connectivity index (χ3v) is 7.04. The van der Waals surface area contributed by atoms with Crippen LogP contribution in [0.4, 0.5) is 0 Å². The van der Waals surface area contributed by atoms with E-state index in [1.54, 1.807) is 42.5 Å². The summed E-state index contributed by atoms with van der Waals surface area (Å²) in [7, 11) is 1.33. The molecular formula is C29H28Cl2N2O8. The number of hydroxylamine groups is 2. The third kappa shape index (κ3) is 7.96. The van der Waals surface area contributed by atoms with E-state index in [1.165, 1.54) is 7.11 Å². The number of carboxylic acids is 1. The number of carboxylic acid groups (broad SMARTS) is 1.